The van der Waals surface area contributed by atoms with Crippen molar-refractivity contribution in [1.82, 2.24) is 49.1 Å². The molecule has 8 aromatic heterocycles. The Hall–Kier alpha value is -7.03. The normalized spacial score (nSPS) is 11.1. The molecule has 0 radical (unpaired) electrons. The number of nitrogens with two attached hydrogens (primary N) is 1. The number of aromatic nitrogens is 10. The van der Waals surface area contributed by atoms with Gasteiger partial charge < -0.3 is 21.0 Å². The Kier molecular flexibility index (Phi) is 10.9. The highest BCUT2D eigenvalue weighted by Gasteiger charge is 2.11. The van der Waals surface area contributed by atoms with Crippen LogP contribution in [0.15, 0.2) is 135 Å². The van der Waals surface area contributed by atoms with E-state index in [1.807, 2.05) is 42.7 Å². The molecular weight excluding hydrogens is 746 g/mol. The number of rotatable bonds is 8. The van der Waals surface area contributed by atoms with Gasteiger partial charge in [-0.15, -0.1) is 0 Å². The average Bonchev–Trinajstić information content (AvgIpc) is 4.06. The van der Waals surface area contributed by atoms with Gasteiger partial charge in [-0.2, -0.15) is 14.7 Å². The lowest BCUT2D eigenvalue weighted by atomic mass is 10.1. The van der Waals surface area contributed by atoms with Crippen molar-refractivity contribution in [3.8, 4) is 22.5 Å². The zero-order valence-electron chi connectivity index (χ0n) is 30.3. The molecule has 0 fully saturated rings. The molecule has 10 aromatic rings. The van der Waals surface area contributed by atoms with Crippen LogP contribution in [0.2, 0.25) is 5.15 Å². The van der Waals surface area contributed by atoms with Crippen molar-refractivity contribution < 1.29 is 8.78 Å². The van der Waals surface area contributed by atoms with Crippen LogP contribution in [0.3, 0.4) is 0 Å². The van der Waals surface area contributed by atoms with E-state index in [2.05, 4.69) is 75.7 Å². The number of pyridine rings is 2. The fraction of sp³-hybridized carbons (Fsp3) is 0.0952. The van der Waals surface area contributed by atoms with Crippen LogP contribution in [0.5, 0.6) is 0 Å². The summed E-state index contributed by atoms with van der Waals surface area (Å²) in [5, 5.41) is 14.7. The highest BCUT2D eigenvalue weighted by atomic mass is 35.5. The summed E-state index contributed by atoms with van der Waals surface area (Å²) in [5.74, 6) is 0.00410. The summed E-state index contributed by atoms with van der Waals surface area (Å²) in [6, 6.07) is 26.4. The van der Waals surface area contributed by atoms with Crippen molar-refractivity contribution in [2.45, 2.75) is 12.8 Å². The molecule has 0 spiro atoms. The number of anilines is 1. The number of nitrogens with zero attached hydrogens (tertiary/aromatic N) is 8. The first kappa shape index (κ1) is 36.9. The monoisotopic (exact) mass is 780 g/mol. The Morgan fingerprint density at radius 1 is 0.649 bits per heavy atom. The third-order valence-electron chi connectivity index (χ3n) is 9.14. The molecule has 284 valence electrons. The molecule has 12 nitrogen and oxygen atoms in total. The first-order valence-electron chi connectivity index (χ1n) is 18.0. The zero-order valence-corrected chi connectivity index (χ0v) is 31.1. The van der Waals surface area contributed by atoms with E-state index in [0.717, 1.165) is 36.9 Å². The van der Waals surface area contributed by atoms with Crippen LogP contribution >= 0.6 is 11.6 Å². The molecule has 0 atom stereocenters. The average molecular weight is 781 g/mol. The highest BCUT2D eigenvalue weighted by Crippen LogP contribution is 2.24. The molecule has 0 aliphatic rings. The largest absolute Gasteiger partial charge is 0.370 e. The van der Waals surface area contributed by atoms with Crippen LogP contribution < -0.4 is 11.1 Å². The van der Waals surface area contributed by atoms with E-state index in [1.54, 1.807) is 35.2 Å². The van der Waals surface area contributed by atoms with Gasteiger partial charge in [-0.25, -0.2) is 23.3 Å². The SMILES string of the molecule is Fc1cncc(-c2cc(Cl)n3nccc3n2)c1.Fc1cncc(-c2cc(NCCc3c[nH]c4ccccc34)n3nccc3n2)c1.NCCc1c[nH]c2ccccc12. The number of para-hydroxylation sites is 2. The third-order valence-corrected chi connectivity index (χ3v) is 9.41. The van der Waals surface area contributed by atoms with E-state index in [-0.39, 0.29) is 5.82 Å². The molecule has 0 amide bonds. The van der Waals surface area contributed by atoms with Crippen LogP contribution in [0.25, 0.3) is 55.6 Å². The predicted molar refractivity (Wildman–Crippen MR) is 219 cm³/mol. The molecule has 15 heteroatoms. The smallest absolute Gasteiger partial charge is 0.157 e. The summed E-state index contributed by atoms with van der Waals surface area (Å²) < 4.78 is 29.9. The fourth-order valence-electron chi connectivity index (χ4n) is 6.47. The molecule has 0 saturated heterocycles. The maximum atomic E-state index is 13.6. The molecule has 8 heterocycles. The zero-order chi connectivity index (χ0) is 39.1. The van der Waals surface area contributed by atoms with Gasteiger partial charge in [-0.1, -0.05) is 48.0 Å². The van der Waals surface area contributed by atoms with Gasteiger partial charge in [0.25, 0.3) is 0 Å². The molecule has 5 N–H and O–H groups in total. The minimum absolute atomic E-state index is 0.387. The highest BCUT2D eigenvalue weighted by molar-refractivity contribution is 6.30. The number of hydrogen-bond donors (Lipinski definition) is 4. The van der Waals surface area contributed by atoms with Gasteiger partial charge in [0.1, 0.15) is 22.6 Å². The van der Waals surface area contributed by atoms with Crippen molar-refractivity contribution in [2.75, 3.05) is 18.4 Å². The third kappa shape index (κ3) is 8.32. The van der Waals surface area contributed by atoms with Gasteiger partial charge in [-0.05, 0) is 54.8 Å². The van der Waals surface area contributed by atoms with Gasteiger partial charge in [0.2, 0.25) is 0 Å². The molecule has 0 saturated carbocycles. The van der Waals surface area contributed by atoms with Crippen LogP contribution in [0, 0.1) is 11.6 Å². The summed E-state index contributed by atoms with van der Waals surface area (Å²) in [7, 11) is 0. The number of halogens is 3. The van der Waals surface area contributed by atoms with E-state index in [0.29, 0.717) is 45.5 Å². The molecule has 0 unspecified atom stereocenters. The maximum absolute atomic E-state index is 13.6. The Balaban J connectivity index is 0.000000133. The van der Waals surface area contributed by atoms with E-state index in [1.165, 1.54) is 56.5 Å². The summed E-state index contributed by atoms with van der Waals surface area (Å²) >= 11 is 6.04. The Morgan fingerprint density at radius 3 is 1.79 bits per heavy atom. The van der Waals surface area contributed by atoms with Crippen LogP contribution in [0.1, 0.15) is 11.1 Å². The van der Waals surface area contributed by atoms with Gasteiger partial charge in [0.05, 0.1) is 36.2 Å². The molecule has 10 rings (SSSR count). The minimum atomic E-state index is -0.409. The summed E-state index contributed by atoms with van der Waals surface area (Å²) in [6.07, 6.45) is 14.6. The standard InChI is InChI=1S/C21H17FN6.C11H6ClFN4.C10H12N2/c22-16-9-15(11-23-13-16)19-10-21(28-20(27-19)6-8-26-28)24-7-5-14-12-25-18-4-2-1-3-17(14)18;12-10-4-9(7-3-8(13)6-14-5-7)16-11-1-2-15-17(10)11;11-6-5-8-7-12-10-4-2-1-3-9(8)10/h1-4,6,8-13,24-25H,5,7H2;1-6H;1-4,7,12H,5-6,11H2. The first-order valence-corrected chi connectivity index (χ1v) is 18.4. The van der Waals surface area contributed by atoms with E-state index in [9.17, 15) is 8.78 Å². The Morgan fingerprint density at radius 2 is 1.19 bits per heavy atom. The van der Waals surface area contributed by atoms with Crippen molar-refractivity contribution in [3.63, 3.8) is 0 Å². The number of hydrogen-bond acceptors (Lipinski definition) is 8. The lowest BCUT2D eigenvalue weighted by molar-refractivity contribution is 0.621. The minimum Gasteiger partial charge on any atom is -0.370 e. The molecule has 2 aromatic carbocycles. The number of aromatic amines is 2. The van der Waals surface area contributed by atoms with Crippen molar-refractivity contribution in [1.29, 1.82) is 0 Å². The second-order valence-corrected chi connectivity index (χ2v) is 13.3. The fourth-order valence-corrected chi connectivity index (χ4v) is 6.71. The Labute approximate surface area is 329 Å². The molecule has 0 bridgehead atoms. The second kappa shape index (κ2) is 16.8. The van der Waals surface area contributed by atoms with Gasteiger partial charge in [0.15, 0.2) is 11.3 Å². The topological polar surface area (TPSA) is 156 Å². The summed E-state index contributed by atoms with van der Waals surface area (Å²) in [4.78, 5) is 23.1. The molecular formula is C42H35ClF2N12. The van der Waals surface area contributed by atoms with Crippen molar-refractivity contribution in [2.24, 2.45) is 5.73 Å². The summed E-state index contributed by atoms with van der Waals surface area (Å²) in [6.45, 7) is 1.43. The maximum Gasteiger partial charge on any atom is 0.157 e. The van der Waals surface area contributed by atoms with Crippen molar-refractivity contribution >= 4 is 50.5 Å². The number of benzene rings is 2. The predicted octanol–water partition coefficient (Wildman–Crippen LogP) is 8.32. The van der Waals surface area contributed by atoms with Crippen LogP contribution in [0.4, 0.5) is 14.6 Å². The number of H-pyrrole nitrogens is 2. The van der Waals surface area contributed by atoms with Crippen LogP contribution in [-0.4, -0.2) is 62.2 Å². The quantitative estimate of drug-likeness (QED) is 0.112. The van der Waals surface area contributed by atoms with Gasteiger partial charge >= 0.3 is 0 Å². The first-order chi connectivity index (χ1) is 27.9. The summed E-state index contributed by atoms with van der Waals surface area (Å²) in [5.41, 5.74) is 14.1. The molecule has 57 heavy (non-hydrogen) atoms. The molecule has 0 aliphatic heterocycles. The van der Waals surface area contributed by atoms with Crippen LogP contribution in [-0.2, 0) is 12.8 Å². The van der Waals surface area contributed by atoms with Gasteiger partial charge in [-0.3, -0.25) is 9.97 Å². The second-order valence-electron chi connectivity index (χ2n) is 12.9. The Bertz CT molecular complexity index is 2930. The van der Waals surface area contributed by atoms with E-state index < -0.39 is 5.82 Å². The molecule has 0 aliphatic carbocycles. The van der Waals surface area contributed by atoms with E-state index >= 15 is 0 Å². The lowest BCUT2D eigenvalue weighted by Crippen LogP contribution is -2.10. The van der Waals surface area contributed by atoms with E-state index in [4.69, 9.17) is 17.3 Å². The lowest BCUT2D eigenvalue weighted by Gasteiger charge is -2.10. The van der Waals surface area contributed by atoms with Crippen molar-refractivity contribution in [3.05, 3.63) is 162 Å². The number of fused-ring (bicyclic) bond motifs is 4. The number of nitrogens with one attached hydrogen (secondary N) is 3. The van der Waals surface area contributed by atoms with Gasteiger partial charge in [0, 0.05) is 88.5 Å².